The van der Waals surface area contributed by atoms with Gasteiger partial charge in [-0.3, -0.25) is 0 Å². The summed E-state index contributed by atoms with van der Waals surface area (Å²) in [6.07, 6.45) is 0. The molecular weight excluding hydrogens is 1450 g/mol. The van der Waals surface area contributed by atoms with Gasteiger partial charge in [0.25, 0.3) is 6.71 Å². The van der Waals surface area contributed by atoms with Crippen LogP contribution in [-0.2, 0) is 0 Å². The van der Waals surface area contributed by atoms with Crippen molar-refractivity contribution in [3.05, 3.63) is 424 Å². The normalized spacial score (nSPS) is 13.4. The number of hydrogen-bond donors (Lipinski definition) is 0. The quantitative estimate of drug-likeness (QED) is 0.148. The molecular formula is C114H70BN5. The molecule has 0 aliphatic carbocycles. The van der Waals surface area contributed by atoms with E-state index in [1.807, 2.05) is 4.57 Å². The van der Waals surface area contributed by atoms with Crippen molar-refractivity contribution in [1.29, 1.82) is 0 Å². The van der Waals surface area contributed by atoms with Crippen LogP contribution in [0, 0.1) is 0 Å². The van der Waals surface area contributed by atoms with Gasteiger partial charge in [0.1, 0.15) is 0 Å². The lowest BCUT2D eigenvalue weighted by Crippen LogP contribution is -2.61. The van der Waals surface area contributed by atoms with Gasteiger partial charge < -0.3 is 23.2 Å². The maximum absolute atomic E-state index is 10.4. The maximum atomic E-state index is 10.4. The molecule has 5 aromatic heterocycles. The van der Waals surface area contributed by atoms with Crippen LogP contribution in [0.25, 0.3) is 191 Å². The van der Waals surface area contributed by atoms with E-state index in [1.165, 1.54) is 6.07 Å². The molecule has 0 amide bonds. The highest BCUT2D eigenvalue weighted by molar-refractivity contribution is 7.00. The smallest absolute Gasteiger partial charge is 0.252 e. The first-order chi connectivity index (χ1) is 62.5. The van der Waals surface area contributed by atoms with Crippen molar-refractivity contribution in [3.63, 3.8) is 0 Å². The van der Waals surface area contributed by atoms with Crippen LogP contribution in [-0.4, -0.2) is 20.1 Å². The highest BCUT2D eigenvalue weighted by atomic mass is 15.2. The van der Waals surface area contributed by atoms with Crippen molar-refractivity contribution in [1.82, 2.24) is 13.4 Å². The number of nitrogens with zero attached hydrogens (tertiary/aromatic N) is 5. The average molecular weight is 1530 g/mol. The SMILES string of the molecule is [2H]c1cc2c3c([2H])c([2H])c([2H])c([2H])c3n(-c3cc4c5c(c3)N(c3c(-c6ccccc6)cccc3-c3ccccc3)c3cc6c(cc3B5c3cc5c7ccccc7c7ccccc7c7cccc8c9ccccc9n(c5cc3N4c3c(-c4ccccc4)cccc3-c3ccccc3)c78)c3ccccc3c3ccccc3c3cccc4c5ccccc5n6c34)c2c([2H])c1[2H]. The largest absolute Gasteiger partial charge is 0.310 e. The van der Waals surface area contributed by atoms with Crippen molar-refractivity contribution >= 4 is 198 Å². The van der Waals surface area contributed by atoms with E-state index in [1.54, 1.807) is 0 Å². The second-order valence-corrected chi connectivity index (χ2v) is 31.9. The zero-order valence-corrected chi connectivity index (χ0v) is 64.7. The van der Waals surface area contributed by atoms with Gasteiger partial charge in [-0.2, -0.15) is 0 Å². The minimum Gasteiger partial charge on any atom is -0.310 e. The molecule has 6 heteroatoms. The third-order valence-electron chi connectivity index (χ3n) is 25.8. The fourth-order valence-electron chi connectivity index (χ4n) is 21.0. The number of aromatic nitrogens is 3. The standard InChI is InChI=1S/C114H70BN5/c1-5-33-71(34-6-1)76-53-29-54-77(72-35-7-2-8-36-72)111(76)119-106-69-104-96(86-47-19-15-43-82(86)80-41-13-17-45-84(80)92-57-31-59-94-90-51-23-27-63-102(90)117(104)113(92)94)67-98(106)115-99-68-97-87-48-20-16-44-83(87)81-42-14-18-46-85(81)93-58-32-60-95-91-52-24-28-64-103(91)118(114(93)95)105(97)70-107(99)120(112-78(73-37-9-3-10-38-73)55-30-56-79(112)74-39-11-4-12-40-74)109-66-75(65-108(119)110(109)115)116-100-61-25-21-49-88(100)89-50-22-26-62-101(89)116/h1-70H/i21D,22D,25D,26D,49D,61D,62D. The van der Waals surface area contributed by atoms with E-state index in [2.05, 4.69) is 395 Å². The Labute approximate surface area is 701 Å². The number of fused-ring (bicyclic) bond motifs is 27. The molecule has 26 rings (SSSR count). The topological polar surface area (TPSA) is 20.2 Å². The van der Waals surface area contributed by atoms with Crippen molar-refractivity contribution in [2.75, 3.05) is 9.80 Å². The fourth-order valence-corrected chi connectivity index (χ4v) is 21.0. The third-order valence-corrected chi connectivity index (χ3v) is 25.8. The first kappa shape index (κ1) is 59.9. The maximum Gasteiger partial charge on any atom is 0.252 e. The van der Waals surface area contributed by atoms with Gasteiger partial charge in [0.2, 0.25) is 0 Å². The molecule has 0 saturated carbocycles. The lowest BCUT2D eigenvalue weighted by molar-refractivity contribution is 1.16. The number of anilines is 6. The Kier molecular flexibility index (Phi) is 12.9. The summed E-state index contributed by atoms with van der Waals surface area (Å²) >= 11 is 0. The predicted molar refractivity (Wildman–Crippen MR) is 511 cm³/mol. The molecule has 0 radical (unpaired) electrons. The van der Waals surface area contributed by atoms with Gasteiger partial charge in [0.15, 0.2) is 0 Å². The molecule has 0 bridgehead atoms. The van der Waals surface area contributed by atoms with Crippen molar-refractivity contribution < 1.29 is 9.60 Å². The van der Waals surface area contributed by atoms with Gasteiger partial charge >= 0.3 is 0 Å². The molecule has 5 nitrogen and oxygen atoms in total. The van der Waals surface area contributed by atoms with Crippen molar-refractivity contribution in [3.8, 4) is 50.2 Å². The van der Waals surface area contributed by atoms with Crippen LogP contribution in [0.2, 0.25) is 0 Å². The summed E-state index contributed by atoms with van der Waals surface area (Å²) in [5.41, 5.74) is 22.3. The first-order valence-electron chi connectivity index (χ1n) is 44.6. The predicted octanol–water partition coefficient (Wildman–Crippen LogP) is 28.7. The molecule has 0 fully saturated rings. The molecule has 2 aliphatic rings. The molecule has 2 aliphatic heterocycles. The van der Waals surface area contributed by atoms with Crippen LogP contribution in [0.4, 0.5) is 34.1 Å². The van der Waals surface area contributed by atoms with E-state index in [-0.39, 0.29) is 52.0 Å². The van der Waals surface area contributed by atoms with Gasteiger partial charge in [-0.25, -0.2) is 0 Å². The zero-order valence-electron chi connectivity index (χ0n) is 71.7. The molecule has 0 saturated heterocycles. The minimum absolute atomic E-state index is 0.108. The van der Waals surface area contributed by atoms with Gasteiger partial charge in [-0.05, 0) is 130 Å². The molecule has 0 unspecified atom stereocenters. The Morgan fingerprint density at radius 1 is 0.208 bits per heavy atom. The number of para-hydroxylation sites is 8. The number of rotatable bonds is 7. The molecule has 24 aromatic rings. The summed E-state index contributed by atoms with van der Waals surface area (Å²) in [6.45, 7) is -0.685. The zero-order chi connectivity index (χ0) is 84.5. The monoisotopic (exact) mass is 1530 g/mol. The van der Waals surface area contributed by atoms with Gasteiger partial charge in [0.05, 0.1) is 70.8 Å². The van der Waals surface area contributed by atoms with E-state index in [0.29, 0.717) is 5.69 Å². The van der Waals surface area contributed by atoms with E-state index in [9.17, 15) is 9.60 Å². The lowest BCUT2D eigenvalue weighted by Gasteiger charge is -2.46. The summed E-state index contributed by atoms with van der Waals surface area (Å²) < 4.78 is 76.4. The summed E-state index contributed by atoms with van der Waals surface area (Å²) in [6, 6.07) is 137. The van der Waals surface area contributed by atoms with E-state index >= 15 is 0 Å². The molecule has 554 valence electrons. The van der Waals surface area contributed by atoms with Crippen LogP contribution in [0.5, 0.6) is 0 Å². The first-order valence-corrected chi connectivity index (χ1v) is 41.1. The second-order valence-electron chi connectivity index (χ2n) is 31.9. The minimum atomic E-state index is -0.685. The fraction of sp³-hybridized carbons (Fsp3) is 0. The van der Waals surface area contributed by atoms with Crippen LogP contribution >= 0.6 is 0 Å². The summed E-state index contributed by atoms with van der Waals surface area (Å²) in [5, 5.41) is 17.7. The van der Waals surface area contributed by atoms with Gasteiger partial charge in [-0.15, -0.1) is 0 Å². The van der Waals surface area contributed by atoms with Crippen molar-refractivity contribution in [2.45, 2.75) is 0 Å². The van der Waals surface area contributed by atoms with Crippen LogP contribution in [0.15, 0.2) is 424 Å². The summed E-state index contributed by atoms with van der Waals surface area (Å²) in [7, 11) is 0. The third kappa shape index (κ3) is 9.49. The molecule has 7 heterocycles. The van der Waals surface area contributed by atoms with E-state index in [0.717, 1.165) is 214 Å². The van der Waals surface area contributed by atoms with Crippen molar-refractivity contribution in [2.24, 2.45) is 0 Å². The second kappa shape index (κ2) is 25.9. The van der Waals surface area contributed by atoms with Crippen LogP contribution in [0.1, 0.15) is 9.60 Å². The Morgan fingerprint density at radius 2 is 0.508 bits per heavy atom. The summed E-state index contributed by atoms with van der Waals surface area (Å²) in [5.74, 6) is 0. The molecule has 120 heavy (non-hydrogen) atoms. The Morgan fingerprint density at radius 3 is 0.908 bits per heavy atom. The Hall–Kier alpha value is -15.8. The van der Waals surface area contributed by atoms with Crippen LogP contribution < -0.4 is 26.2 Å². The Balaban J connectivity index is 0.969. The number of hydrogen-bond acceptors (Lipinski definition) is 2. The lowest BCUT2D eigenvalue weighted by atomic mass is 9.33. The van der Waals surface area contributed by atoms with E-state index in [4.69, 9.17) is 0 Å². The highest BCUT2D eigenvalue weighted by Crippen LogP contribution is 2.56. The molecule has 0 atom stereocenters. The van der Waals surface area contributed by atoms with E-state index < -0.39 is 18.8 Å². The van der Waals surface area contributed by atoms with Crippen LogP contribution in [0.3, 0.4) is 0 Å². The van der Waals surface area contributed by atoms with Gasteiger partial charge in [-0.1, -0.05) is 376 Å². The van der Waals surface area contributed by atoms with Gasteiger partial charge in [0, 0.05) is 98.9 Å². The molecule has 0 spiro atoms. The highest BCUT2D eigenvalue weighted by Gasteiger charge is 2.47. The Bertz CT molecular complexity index is 8530. The molecule has 0 N–H and O–H groups in total. The summed E-state index contributed by atoms with van der Waals surface area (Å²) in [4.78, 5) is 5.05. The number of benzene rings is 19. The molecule has 19 aromatic carbocycles. The average Bonchev–Trinajstić information content (AvgIpc) is 1.59.